The maximum absolute atomic E-state index is 11.9. The minimum absolute atomic E-state index is 0.199. The molecular weight excluding hydrogens is 234 g/mol. The first-order valence-corrected chi connectivity index (χ1v) is 6.83. The van der Waals surface area contributed by atoms with E-state index < -0.39 is 5.60 Å². The van der Waals surface area contributed by atoms with E-state index in [1.165, 1.54) is 10.4 Å². The standard InChI is InChI=1S/C13H19NO2S/c1-13(2,3)16-12(15)11-7-9-8-14-6-4-5-10(9)17-11/h7,14H,4-6,8H2,1-3H3. The zero-order valence-corrected chi connectivity index (χ0v) is 11.4. The fourth-order valence-corrected chi connectivity index (χ4v) is 2.95. The van der Waals surface area contributed by atoms with Crippen LogP contribution in [0.15, 0.2) is 6.07 Å². The number of carbonyl (C=O) groups excluding carboxylic acids is 1. The summed E-state index contributed by atoms with van der Waals surface area (Å²) < 4.78 is 5.38. The van der Waals surface area contributed by atoms with E-state index in [1.54, 1.807) is 11.3 Å². The SMILES string of the molecule is CC(C)(C)OC(=O)c1cc2c(s1)CCCNC2. The fraction of sp³-hybridized carbons (Fsp3) is 0.615. The van der Waals surface area contributed by atoms with Crippen LogP contribution in [0, 0.1) is 0 Å². The van der Waals surface area contributed by atoms with Gasteiger partial charge in [-0.1, -0.05) is 0 Å². The Morgan fingerprint density at radius 1 is 1.47 bits per heavy atom. The average molecular weight is 253 g/mol. The smallest absolute Gasteiger partial charge is 0.348 e. The van der Waals surface area contributed by atoms with Gasteiger partial charge in [0.2, 0.25) is 0 Å². The number of thiophene rings is 1. The molecule has 0 fully saturated rings. The summed E-state index contributed by atoms with van der Waals surface area (Å²) in [5, 5.41) is 3.36. The minimum Gasteiger partial charge on any atom is -0.456 e. The van der Waals surface area contributed by atoms with Crippen molar-refractivity contribution in [2.75, 3.05) is 6.54 Å². The third kappa shape index (κ3) is 3.30. The van der Waals surface area contributed by atoms with Crippen LogP contribution in [-0.2, 0) is 17.7 Å². The highest BCUT2D eigenvalue weighted by atomic mass is 32.1. The van der Waals surface area contributed by atoms with Crippen LogP contribution in [0.2, 0.25) is 0 Å². The molecule has 0 radical (unpaired) electrons. The van der Waals surface area contributed by atoms with E-state index in [2.05, 4.69) is 5.32 Å². The Morgan fingerprint density at radius 3 is 2.94 bits per heavy atom. The predicted octanol–water partition coefficient (Wildman–Crippen LogP) is 2.74. The quantitative estimate of drug-likeness (QED) is 0.782. The van der Waals surface area contributed by atoms with Gasteiger partial charge in [0.1, 0.15) is 10.5 Å². The van der Waals surface area contributed by atoms with Crippen LogP contribution in [0.3, 0.4) is 0 Å². The van der Waals surface area contributed by atoms with Crippen molar-refractivity contribution in [2.45, 2.75) is 45.8 Å². The monoisotopic (exact) mass is 253 g/mol. The van der Waals surface area contributed by atoms with E-state index in [9.17, 15) is 4.79 Å². The molecule has 4 heteroatoms. The molecule has 3 nitrogen and oxygen atoms in total. The fourth-order valence-electron chi connectivity index (χ4n) is 1.85. The zero-order chi connectivity index (χ0) is 12.5. The molecule has 0 saturated carbocycles. The van der Waals surface area contributed by atoms with Gasteiger partial charge >= 0.3 is 5.97 Å². The van der Waals surface area contributed by atoms with Crippen LogP contribution in [0.4, 0.5) is 0 Å². The summed E-state index contributed by atoms with van der Waals surface area (Å²) in [7, 11) is 0. The highest BCUT2D eigenvalue weighted by Gasteiger charge is 2.21. The van der Waals surface area contributed by atoms with Gasteiger partial charge in [0.05, 0.1) is 0 Å². The number of esters is 1. The molecule has 0 atom stereocenters. The number of ether oxygens (including phenoxy) is 1. The summed E-state index contributed by atoms with van der Waals surface area (Å²) in [6.07, 6.45) is 2.21. The van der Waals surface area contributed by atoms with Crippen molar-refractivity contribution >= 4 is 17.3 Å². The minimum atomic E-state index is -0.420. The number of aryl methyl sites for hydroxylation is 1. The van der Waals surface area contributed by atoms with Gasteiger partial charge in [-0.25, -0.2) is 4.79 Å². The molecule has 17 heavy (non-hydrogen) atoms. The number of fused-ring (bicyclic) bond motifs is 1. The van der Waals surface area contributed by atoms with E-state index in [-0.39, 0.29) is 5.97 Å². The molecule has 0 spiro atoms. The van der Waals surface area contributed by atoms with Gasteiger partial charge in [-0.3, -0.25) is 0 Å². The number of hydrogen-bond acceptors (Lipinski definition) is 4. The lowest BCUT2D eigenvalue weighted by Gasteiger charge is -2.18. The van der Waals surface area contributed by atoms with Gasteiger partial charge in [0.15, 0.2) is 0 Å². The highest BCUT2D eigenvalue weighted by Crippen LogP contribution is 2.27. The molecule has 1 aromatic heterocycles. The molecule has 0 aliphatic carbocycles. The van der Waals surface area contributed by atoms with E-state index in [1.807, 2.05) is 26.8 Å². The number of carbonyl (C=O) groups is 1. The van der Waals surface area contributed by atoms with Crippen molar-refractivity contribution in [2.24, 2.45) is 0 Å². The summed E-state index contributed by atoms with van der Waals surface area (Å²) in [4.78, 5) is 14.0. The maximum atomic E-state index is 11.9. The molecule has 0 amide bonds. The first-order valence-electron chi connectivity index (χ1n) is 6.01. The molecule has 0 saturated heterocycles. The molecule has 1 N–H and O–H groups in total. The molecule has 0 aromatic carbocycles. The van der Waals surface area contributed by atoms with Crippen LogP contribution in [0.25, 0.3) is 0 Å². The number of rotatable bonds is 1. The molecular formula is C13H19NO2S. The number of hydrogen-bond donors (Lipinski definition) is 1. The van der Waals surface area contributed by atoms with Crippen LogP contribution in [-0.4, -0.2) is 18.1 Å². The zero-order valence-electron chi connectivity index (χ0n) is 10.6. The van der Waals surface area contributed by atoms with Crippen molar-refractivity contribution in [3.05, 3.63) is 21.4 Å². The topological polar surface area (TPSA) is 38.3 Å². The Kier molecular flexibility index (Phi) is 3.54. The summed E-state index contributed by atoms with van der Waals surface area (Å²) >= 11 is 1.58. The lowest BCUT2D eigenvalue weighted by Crippen LogP contribution is -2.23. The van der Waals surface area contributed by atoms with Gasteiger partial charge in [-0.2, -0.15) is 0 Å². The molecule has 1 aromatic rings. The lowest BCUT2D eigenvalue weighted by molar-refractivity contribution is 0.00751. The Balaban J connectivity index is 2.15. The van der Waals surface area contributed by atoms with Crippen LogP contribution >= 0.6 is 11.3 Å². The molecule has 2 heterocycles. The summed E-state index contributed by atoms with van der Waals surface area (Å²) in [5.74, 6) is -0.199. The van der Waals surface area contributed by atoms with E-state index >= 15 is 0 Å². The normalized spacial score (nSPS) is 16.2. The Morgan fingerprint density at radius 2 is 2.24 bits per heavy atom. The van der Waals surface area contributed by atoms with Crippen molar-refractivity contribution in [1.82, 2.24) is 5.32 Å². The Bertz CT molecular complexity index is 394. The van der Waals surface area contributed by atoms with E-state index in [0.29, 0.717) is 0 Å². The molecule has 2 rings (SSSR count). The van der Waals surface area contributed by atoms with E-state index in [0.717, 1.165) is 30.8 Å². The molecule has 0 bridgehead atoms. The Labute approximate surface area is 106 Å². The summed E-state index contributed by atoms with van der Waals surface area (Å²) in [6, 6.07) is 1.98. The van der Waals surface area contributed by atoms with Gasteiger partial charge in [-0.15, -0.1) is 11.3 Å². The Hall–Kier alpha value is -0.870. The first-order chi connectivity index (χ1) is 7.96. The molecule has 0 unspecified atom stereocenters. The lowest BCUT2D eigenvalue weighted by atomic mass is 10.2. The van der Waals surface area contributed by atoms with Gasteiger partial charge in [0, 0.05) is 11.4 Å². The van der Waals surface area contributed by atoms with Crippen LogP contribution in [0.5, 0.6) is 0 Å². The largest absolute Gasteiger partial charge is 0.456 e. The third-order valence-electron chi connectivity index (χ3n) is 2.57. The van der Waals surface area contributed by atoms with Gasteiger partial charge < -0.3 is 10.1 Å². The van der Waals surface area contributed by atoms with E-state index in [4.69, 9.17) is 4.74 Å². The average Bonchev–Trinajstić information content (AvgIpc) is 2.48. The third-order valence-corrected chi connectivity index (χ3v) is 3.79. The van der Waals surface area contributed by atoms with Crippen molar-refractivity contribution < 1.29 is 9.53 Å². The molecule has 1 aliphatic heterocycles. The number of nitrogens with one attached hydrogen (secondary N) is 1. The second-order valence-electron chi connectivity index (χ2n) is 5.34. The molecule has 94 valence electrons. The first kappa shape index (κ1) is 12.6. The predicted molar refractivity (Wildman–Crippen MR) is 69.5 cm³/mol. The second kappa shape index (κ2) is 4.78. The van der Waals surface area contributed by atoms with Crippen LogP contribution < -0.4 is 5.32 Å². The van der Waals surface area contributed by atoms with Gasteiger partial charge in [0.25, 0.3) is 0 Å². The van der Waals surface area contributed by atoms with Crippen molar-refractivity contribution in [1.29, 1.82) is 0 Å². The van der Waals surface area contributed by atoms with Gasteiger partial charge in [-0.05, 0) is 51.8 Å². The van der Waals surface area contributed by atoms with Crippen molar-refractivity contribution in [3.63, 3.8) is 0 Å². The maximum Gasteiger partial charge on any atom is 0.348 e. The molecule has 1 aliphatic rings. The van der Waals surface area contributed by atoms with Crippen molar-refractivity contribution in [3.8, 4) is 0 Å². The summed E-state index contributed by atoms with van der Waals surface area (Å²) in [5.41, 5.74) is 0.838. The summed E-state index contributed by atoms with van der Waals surface area (Å²) in [6.45, 7) is 7.61. The second-order valence-corrected chi connectivity index (χ2v) is 6.48. The highest BCUT2D eigenvalue weighted by molar-refractivity contribution is 7.14. The van der Waals surface area contributed by atoms with Crippen LogP contribution in [0.1, 0.15) is 47.3 Å².